The number of rotatable bonds is 2. The Labute approximate surface area is 88.1 Å². The highest BCUT2D eigenvalue weighted by Gasteiger charge is 2.35. The van der Waals surface area contributed by atoms with E-state index in [-0.39, 0.29) is 17.7 Å². The first-order chi connectivity index (χ1) is 7.18. The van der Waals surface area contributed by atoms with Crippen molar-refractivity contribution in [3.8, 4) is 0 Å². The van der Waals surface area contributed by atoms with Crippen molar-refractivity contribution in [2.45, 2.75) is 19.4 Å². The van der Waals surface area contributed by atoms with Crippen LogP contribution in [0.2, 0.25) is 0 Å². The molecule has 1 aliphatic heterocycles. The Morgan fingerprint density at radius 2 is 2.00 bits per heavy atom. The molecule has 0 aromatic heterocycles. The minimum Gasteiger partial charge on any atom is -0.454 e. The molecular formula is C12H12O3. The lowest BCUT2D eigenvalue weighted by molar-refractivity contribution is -0.142. The lowest BCUT2D eigenvalue weighted by Crippen LogP contribution is -2.20. The van der Waals surface area contributed by atoms with Gasteiger partial charge in [0.2, 0.25) is 5.78 Å². The Kier molecular flexibility index (Phi) is 2.54. The molecule has 1 aromatic carbocycles. The summed E-state index contributed by atoms with van der Waals surface area (Å²) in [4.78, 5) is 23.0. The molecule has 0 bridgehead atoms. The normalized spacial score (nSPS) is 25.0. The molecule has 0 saturated carbocycles. The van der Waals surface area contributed by atoms with Crippen molar-refractivity contribution in [1.29, 1.82) is 0 Å². The first-order valence-corrected chi connectivity index (χ1v) is 4.98. The zero-order valence-corrected chi connectivity index (χ0v) is 8.47. The standard InChI is InChI=1S/C12H12O3/c1-8-7-10(15-12(8)14)11(13)9-5-3-2-4-6-9/h2-6,8,10H,7H2,1H3/t8-,10-/m1/s1. The number of Topliss-reactive ketones (excluding diaryl/α,β-unsaturated/α-hetero) is 1. The van der Waals surface area contributed by atoms with Crippen LogP contribution in [0.3, 0.4) is 0 Å². The number of hydrogen-bond donors (Lipinski definition) is 0. The second kappa shape index (κ2) is 3.85. The van der Waals surface area contributed by atoms with E-state index in [1.165, 1.54) is 0 Å². The molecule has 0 spiro atoms. The molecule has 15 heavy (non-hydrogen) atoms. The van der Waals surface area contributed by atoms with Gasteiger partial charge >= 0.3 is 5.97 Å². The molecule has 78 valence electrons. The highest BCUT2D eigenvalue weighted by molar-refractivity contribution is 6.01. The first-order valence-electron chi connectivity index (χ1n) is 4.98. The Bertz CT molecular complexity index is 383. The molecule has 1 aromatic rings. The summed E-state index contributed by atoms with van der Waals surface area (Å²) in [7, 11) is 0. The molecule has 0 aliphatic carbocycles. The minimum absolute atomic E-state index is 0.103. The summed E-state index contributed by atoms with van der Waals surface area (Å²) in [6, 6.07) is 8.92. The van der Waals surface area contributed by atoms with E-state index in [1.54, 1.807) is 31.2 Å². The van der Waals surface area contributed by atoms with Gasteiger partial charge in [0.1, 0.15) is 0 Å². The molecule has 0 amide bonds. The second-order valence-corrected chi connectivity index (χ2v) is 3.79. The van der Waals surface area contributed by atoms with Gasteiger partial charge in [0.05, 0.1) is 5.92 Å². The van der Waals surface area contributed by atoms with Gasteiger partial charge in [-0.2, -0.15) is 0 Å². The number of ketones is 1. The number of carbonyl (C=O) groups is 2. The van der Waals surface area contributed by atoms with Crippen LogP contribution >= 0.6 is 0 Å². The smallest absolute Gasteiger partial charge is 0.309 e. The van der Waals surface area contributed by atoms with Crippen molar-refractivity contribution in [3.63, 3.8) is 0 Å². The van der Waals surface area contributed by atoms with Crippen molar-refractivity contribution in [3.05, 3.63) is 35.9 Å². The van der Waals surface area contributed by atoms with Crippen molar-refractivity contribution >= 4 is 11.8 Å². The maximum Gasteiger partial charge on any atom is 0.309 e. The number of ether oxygens (including phenoxy) is 1. The van der Waals surface area contributed by atoms with E-state index in [9.17, 15) is 9.59 Å². The SMILES string of the molecule is C[C@@H]1C[C@H](C(=O)c2ccccc2)OC1=O. The van der Waals surface area contributed by atoms with Gasteiger partial charge in [-0.1, -0.05) is 37.3 Å². The minimum atomic E-state index is -0.588. The fourth-order valence-electron chi connectivity index (χ4n) is 1.67. The van der Waals surface area contributed by atoms with Gasteiger partial charge in [0.25, 0.3) is 0 Å². The summed E-state index contributed by atoms with van der Waals surface area (Å²) in [6.07, 6.45) is -0.0954. The van der Waals surface area contributed by atoms with E-state index >= 15 is 0 Å². The van der Waals surface area contributed by atoms with Crippen LogP contribution in [0.1, 0.15) is 23.7 Å². The number of benzene rings is 1. The van der Waals surface area contributed by atoms with Gasteiger partial charge in [-0.25, -0.2) is 0 Å². The molecule has 0 N–H and O–H groups in total. The van der Waals surface area contributed by atoms with Crippen LogP contribution in [-0.4, -0.2) is 17.9 Å². The van der Waals surface area contributed by atoms with Crippen LogP contribution in [0.4, 0.5) is 0 Å². The maximum atomic E-state index is 11.9. The molecular weight excluding hydrogens is 192 g/mol. The summed E-state index contributed by atoms with van der Waals surface area (Å²) in [5.41, 5.74) is 0.601. The van der Waals surface area contributed by atoms with Gasteiger partial charge in [0, 0.05) is 12.0 Å². The van der Waals surface area contributed by atoms with Crippen LogP contribution in [0.15, 0.2) is 30.3 Å². The van der Waals surface area contributed by atoms with Crippen LogP contribution in [-0.2, 0) is 9.53 Å². The quantitative estimate of drug-likeness (QED) is 0.545. The fraction of sp³-hybridized carbons (Fsp3) is 0.333. The second-order valence-electron chi connectivity index (χ2n) is 3.79. The Morgan fingerprint density at radius 1 is 1.33 bits per heavy atom. The van der Waals surface area contributed by atoms with E-state index in [1.807, 2.05) is 6.07 Å². The van der Waals surface area contributed by atoms with E-state index in [4.69, 9.17) is 4.74 Å². The number of carbonyl (C=O) groups excluding carboxylic acids is 2. The van der Waals surface area contributed by atoms with Gasteiger partial charge in [-0.3, -0.25) is 9.59 Å². The monoisotopic (exact) mass is 204 g/mol. The summed E-state index contributed by atoms with van der Waals surface area (Å²) in [6.45, 7) is 1.78. The van der Waals surface area contributed by atoms with Crippen molar-refractivity contribution < 1.29 is 14.3 Å². The van der Waals surface area contributed by atoms with E-state index in [0.717, 1.165) is 0 Å². The average molecular weight is 204 g/mol. The predicted molar refractivity (Wildman–Crippen MR) is 54.4 cm³/mol. The number of esters is 1. The molecule has 1 aliphatic rings. The molecule has 2 rings (SSSR count). The summed E-state index contributed by atoms with van der Waals surface area (Å²) in [5, 5.41) is 0. The predicted octanol–water partition coefficient (Wildman–Crippen LogP) is 1.82. The molecule has 2 atom stereocenters. The molecule has 1 saturated heterocycles. The zero-order chi connectivity index (χ0) is 10.8. The van der Waals surface area contributed by atoms with Crippen LogP contribution in [0.25, 0.3) is 0 Å². The third kappa shape index (κ3) is 1.91. The van der Waals surface area contributed by atoms with Gasteiger partial charge in [-0.15, -0.1) is 0 Å². The van der Waals surface area contributed by atoms with Gasteiger partial charge < -0.3 is 4.74 Å². The van der Waals surface area contributed by atoms with E-state index in [0.29, 0.717) is 12.0 Å². The van der Waals surface area contributed by atoms with Crippen molar-refractivity contribution in [2.24, 2.45) is 5.92 Å². The number of cyclic esters (lactones) is 1. The third-order valence-corrected chi connectivity index (χ3v) is 2.58. The molecule has 3 nitrogen and oxygen atoms in total. The Hall–Kier alpha value is -1.64. The molecule has 1 heterocycles. The van der Waals surface area contributed by atoms with Gasteiger partial charge in [0.15, 0.2) is 6.10 Å². The van der Waals surface area contributed by atoms with E-state index < -0.39 is 6.10 Å². The van der Waals surface area contributed by atoms with Crippen molar-refractivity contribution in [2.75, 3.05) is 0 Å². The molecule has 1 fully saturated rings. The molecule has 0 unspecified atom stereocenters. The highest BCUT2D eigenvalue weighted by atomic mass is 16.6. The third-order valence-electron chi connectivity index (χ3n) is 2.58. The average Bonchev–Trinajstić information content (AvgIpc) is 2.59. The fourth-order valence-corrected chi connectivity index (χ4v) is 1.67. The lowest BCUT2D eigenvalue weighted by Gasteiger charge is -2.07. The van der Waals surface area contributed by atoms with Crippen LogP contribution in [0, 0.1) is 5.92 Å². The topological polar surface area (TPSA) is 43.4 Å². The Morgan fingerprint density at radius 3 is 2.53 bits per heavy atom. The highest BCUT2D eigenvalue weighted by Crippen LogP contribution is 2.23. The summed E-state index contributed by atoms with van der Waals surface area (Å²) in [5.74, 6) is -0.541. The molecule has 3 heteroatoms. The maximum absolute atomic E-state index is 11.9. The molecule has 0 radical (unpaired) electrons. The van der Waals surface area contributed by atoms with Crippen LogP contribution in [0.5, 0.6) is 0 Å². The van der Waals surface area contributed by atoms with Crippen molar-refractivity contribution in [1.82, 2.24) is 0 Å². The summed E-state index contributed by atoms with van der Waals surface area (Å²) >= 11 is 0. The number of hydrogen-bond acceptors (Lipinski definition) is 3. The first kappa shape index (κ1) is 9.90. The van der Waals surface area contributed by atoms with Crippen LogP contribution < -0.4 is 0 Å². The lowest BCUT2D eigenvalue weighted by atomic mass is 10.0. The van der Waals surface area contributed by atoms with E-state index in [2.05, 4.69) is 0 Å². The largest absolute Gasteiger partial charge is 0.454 e. The zero-order valence-electron chi connectivity index (χ0n) is 8.47. The Balaban J connectivity index is 2.14. The van der Waals surface area contributed by atoms with Gasteiger partial charge in [-0.05, 0) is 0 Å². The summed E-state index contributed by atoms with van der Waals surface area (Å²) < 4.78 is 5.00.